The second-order valence-corrected chi connectivity index (χ2v) is 9.90. The molecule has 4 rings (SSSR count). The van der Waals surface area contributed by atoms with Gasteiger partial charge in [0, 0.05) is 54.9 Å². The number of aromatic amines is 1. The third-order valence-corrected chi connectivity index (χ3v) is 7.26. The maximum atomic E-state index is 13.3. The second-order valence-electron chi connectivity index (χ2n) is 9.49. The number of benzene rings is 1. The van der Waals surface area contributed by atoms with E-state index in [4.69, 9.17) is 11.6 Å². The molecule has 1 aromatic carbocycles. The van der Waals surface area contributed by atoms with Crippen LogP contribution in [-0.4, -0.2) is 89.9 Å². The van der Waals surface area contributed by atoms with Gasteiger partial charge in [-0.15, -0.1) is 0 Å². The van der Waals surface area contributed by atoms with E-state index in [1.54, 1.807) is 18.3 Å². The molecule has 1 aromatic heterocycles. The molecular formula is C24H34ClN5O2. The van der Waals surface area contributed by atoms with Crippen molar-refractivity contribution in [3.8, 4) is 0 Å². The van der Waals surface area contributed by atoms with E-state index in [1.807, 2.05) is 24.8 Å². The van der Waals surface area contributed by atoms with Crippen molar-refractivity contribution < 1.29 is 9.59 Å². The van der Waals surface area contributed by atoms with Crippen LogP contribution in [0.5, 0.6) is 0 Å². The number of fused-ring (bicyclic) bond motifs is 1. The summed E-state index contributed by atoms with van der Waals surface area (Å²) < 4.78 is 0. The number of likely N-dealkylation sites (tertiary alicyclic amines) is 1. The molecule has 3 heterocycles. The molecule has 0 saturated carbocycles. The SMILES string of the molecule is CC(C)[C@@H](NC(=O)c1ccc2c(Cl)c[nH]c2c1)C(=O)N1CCN(C2CCN(C)CC2)CC1. The van der Waals surface area contributed by atoms with Crippen molar-refractivity contribution in [3.05, 3.63) is 35.0 Å². The highest BCUT2D eigenvalue weighted by atomic mass is 35.5. The third kappa shape index (κ3) is 4.95. The quantitative estimate of drug-likeness (QED) is 0.721. The zero-order valence-corrected chi connectivity index (χ0v) is 20.0. The molecule has 2 N–H and O–H groups in total. The number of piperazine rings is 1. The van der Waals surface area contributed by atoms with E-state index in [9.17, 15) is 9.59 Å². The van der Waals surface area contributed by atoms with Crippen molar-refractivity contribution in [2.45, 2.75) is 38.8 Å². The zero-order chi connectivity index (χ0) is 22.8. The van der Waals surface area contributed by atoms with E-state index < -0.39 is 6.04 Å². The number of halogens is 1. The third-order valence-electron chi connectivity index (χ3n) is 6.94. The molecule has 2 fully saturated rings. The van der Waals surface area contributed by atoms with E-state index in [-0.39, 0.29) is 17.7 Å². The molecule has 8 heteroatoms. The van der Waals surface area contributed by atoms with Gasteiger partial charge >= 0.3 is 0 Å². The van der Waals surface area contributed by atoms with Crippen molar-refractivity contribution in [3.63, 3.8) is 0 Å². The summed E-state index contributed by atoms with van der Waals surface area (Å²) in [5.41, 5.74) is 1.32. The number of carbonyl (C=O) groups is 2. The highest BCUT2D eigenvalue weighted by Crippen LogP contribution is 2.24. The minimum Gasteiger partial charge on any atom is -0.360 e. The number of aromatic nitrogens is 1. The average molecular weight is 460 g/mol. The molecule has 2 aromatic rings. The van der Waals surface area contributed by atoms with Crippen LogP contribution in [0.4, 0.5) is 0 Å². The van der Waals surface area contributed by atoms with Crippen LogP contribution >= 0.6 is 11.6 Å². The van der Waals surface area contributed by atoms with E-state index >= 15 is 0 Å². The van der Waals surface area contributed by atoms with Crippen molar-refractivity contribution in [2.24, 2.45) is 5.92 Å². The first kappa shape index (κ1) is 23.1. The molecule has 0 spiro atoms. The Balaban J connectivity index is 1.36. The van der Waals surface area contributed by atoms with Gasteiger partial charge in [-0.1, -0.05) is 31.5 Å². The van der Waals surface area contributed by atoms with Crippen molar-refractivity contribution in [1.29, 1.82) is 0 Å². The number of hydrogen-bond acceptors (Lipinski definition) is 4. The van der Waals surface area contributed by atoms with Crippen LogP contribution in [0.2, 0.25) is 5.02 Å². The van der Waals surface area contributed by atoms with E-state index in [1.165, 1.54) is 12.8 Å². The van der Waals surface area contributed by atoms with E-state index in [0.717, 1.165) is 50.2 Å². The zero-order valence-electron chi connectivity index (χ0n) is 19.2. The standard InChI is InChI=1S/C24H34ClN5O2/c1-16(2)22(27-23(31)17-4-5-19-20(25)15-26-21(19)14-17)24(32)30-12-10-29(11-13-30)18-6-8-28(3)9-7-18/h4-5,14-16,18,22,26H,6-13H2,1-3H3,(H,27,31)/t22-/m1/s1. The maximum Gasteiger partial charge on any atom is 0.252 e. The summed E-state index contributed by atoms with van der Waals surface area (Å²) in [6.07, 6.45) is 4.11. The molecule has 0 unspecified atom stereocenters. The van der Waals surface area contributed by atoms with Crippen LogP contribution in [0.15, 0.2) is 24.4 Å². The number of H-pyrrole nitrogens is 1. The van der Waals surface area contributed by atoms with Gasteiger partial charge in [-0.2, -0.15) is 0 Å². The van der Waals surface area contributed by atoms with Crippen molar-refractivity contribution in [1.82, 2.24) is 25.0 Å². The van der Waals surface area contributed by atoms with Gasteiger partial charge in [0.25, 0.3) is 5.91 Å². The molecule has 7 nitrogen and oxygen atoms in total. The lowest BCUT2D eigenvalue weighted by atomic mass is 10.0. The van der Waals surface area contributed by atoms with Crippen LogP contribution in [0.1, 0.15) is 37.0 Å². The van der Waals surface area contributed by atoms with Gasteiger partial charge in [0.1, 0.15) is 6.04 Å². The number of hydrogen-bond donors (Lipinski definition) is 2. The average Bonchev–Trinajstić information content (AvgIpc) is 3.17. The summed E-state index contributed by atoms with van der Waals surface area (Å²) in [7, 11) is 2.18. The van der Waals surface area contributed by atoms with Crippen LogP contribution in [-0.2, 0) is 4.79 Å². The lowest BCUT2D eigenvalue weighted by Gasteiger charge is -2.43. The molecule has 2 aliphatic rings. The fourth-order valence-corrected chi connectivity index (χ4v) is 5.05. The topological polar surface area (TPSA) is 71.7 Å². The molecule has 174 valence electrons. The molecule has 1 atom stereocenters. The van der Waals surface area contributed by atoms with Crippen molar-refractivity contribution >= 4 is 34.3 Å². The molecule has 0 aliphatic carbocycles. The first-order valence-electron chi connectivity index (χ1n) is 11.6. The number of nitrogens with one attached hydrogen (secondary N) is 2. The molecule has 2 aliphatic heterocycles. The molecule has 0 radical (unpaired) electrons. The largest absolute Gasteiger partial charge is 0.360 e. The highest BCUT2D eigenvalue weighted by molar-refractivity contribution is 6.35. The smallest absolute Gasteiger partial charge is 0.252 e. The van der Waals surface area contributed by atoms with Crippen LogP contribution in [0.25, 0.3) is 10.9 Å². The monoisotopic (exact) mass is 459 g/mol. The number of amides is 2. The number of carbonyl (C=O) groups excluding carboxylic acids is 2. The number of nitrogens with zero attached hydrogens (tertiary/aromatic N) is 3. The Morgan fingerprint density at radius 2 is 1.78 bits per heavy atom. The van der Waals surface area contributed by atoms with Gasteiger partial charge in [-0.25, -0.2) is 0 Å². The molecule has 0 bridgehead atoms. The van der Waals surface area contributed by atoms with E-state index in [0.29, 0.717) is 16.6 Å². The van der Waals surface area contributed by atoms with Gasteiger partial charge in [-0.05, 0) is 51.0 Å². The second kappa shape index (κ2) is 9.81. The van der Waals surface area contributed by atoms with Crippen LogP contribution in [0.3, 0.4) is 0 Å². The van der Waals surface area contributed by atoms with Gasteiger partial charge in [0.05, 0.1) is 5.02 Å². The number of piperidine rings is 1. The lowest BCUT2D eigenvalue weighted by molar-refractivity contribution is -0.136. The van der Waals surface area contributed by atoms with Gasteiger partial charge in [0.2, 0.25) is 5.91 Å². The van der Waals surface area contributed by atoms with Crippen LogP contribution < -0.4 is 5.32 Å². The minimum atomic E-state index is -0.541. The summed E-state index contributed by atoms with van der Waals surface area (Å²) in [4.78, 5) is 36.2. The summed E-state index contributed by atoms with van der Waals surface area (Å²) in [6.45, 7) is 9.50. The molecule has 2 saturated heterocycles. The Labute approximate surface area is 195 Å². The molecule has 2 amide bonds. The predicted molar refractivity (Wildman–Crippen MR) is 128 cm³/mol. The minimum absolute atomic E-state index is 0.00187. The van der Waals surface area contributed by atoms with Gasteiger partial charge in [-0.3, -0.25) is 14.5 Å². The Morgan fingerprint density at radius 1 is 1.09 bits per heavy atom. The van der Waals surface area contributed by atoms with Crippen molar-refractivity contribution in [2.75, 3.05) is 46.3 Å². The predicted octanol–water partition coefficient (Wildman–Crippen LogP) is 2.81. The Bertz CT molecular complexity index is 958. The Kier molecular flexibility index (Phi) is 7.08. The normalized spacial score (nSPS) is 20.1. The van der Waals surface area contributed by atoms with Crippen LogP contribution in [0, 0.1) is 5.92 Å². The Hall–Kier alpha value is -2.09. The molecular weight excluding hydrogens is 426 g/mol. The first-order valence-corrected chi connectivity index (χ1v) is 12.0. The lowest BCUT2D eigenvalue weighted by Crippen LogP contribution is -2.58. The summed E-state index contributed by atoms with van der Waals surface area (Å²) >= 11 is 6.14. The first-order chi connectivity index (χ1) is 15.3. The fraction of sp³-hybridized carbons (Fsp3) is 0.583. The van der Waals surface area contributed by atoms with Gasteiger partial charge < -0.3 is 20.1 Å². The van der Waals surface area contributed by atoms with Gasteiger partial charge in [0.15, 0.2) is 0 Å². The Morgan fingerprint density at radius 3 is 2.44 bits per heavy atom. The maximum absolute atomic E-state index is 13.3. The number of rotatable bonds is 5. The summed E-state index contributed by atoms with van der Waals surface area (Å²) in [5.74, 6) is -0.225. The summed E-state index contributed by atoms with van der Waals surface area (Å²) in [6, 6.07) is 5.44. The van der Waals surface area contributed by atoms with E-state index in [2.05, 4.69) is 27.1 Å². The summed E-state index contributed by atoms with van der Waals surface area (Å²) in [5, 5.41) is 4.49. The fourth-order valence-electron chi connectivity index (χ4n) is 4.83. The molecule has 32 heavy (non-hydrogen) atoms. The highest BCUT2D eigenvalue weighted by Gasteiger charge is 2.33.